The van der Waals surface area contributed by atoms with Gasteiger partial charge in [-0.25, -0.2) is 0 Å². The molecule has 0 amide bonds. The summed E-state index contributed by atoms with van der Waals surface area (Å²) in [6.45, 7) is 2.87. The van der Waals surface area contributed by atoms with Gasteiger partial charge in [-0.2, -0.15) is 0 Å². The SMILES string of the molecule is CCCCCOc1ccc(C=[NH+]NC(N)=S)cc1OC. The first-order chi connectivity index (χ1) is 9.67. The Morgan fingerprint density at radius 3 is 2.85 bits per heavy atom. The summed E-state index contributed by atoms with van der Waals surface area (Å²) in [5, 5.41) is 2.98. The number of benzene rings is 1. The molecule has 0 aromatic heterocycles. The van der Waals surface area contributed by atoms with Crippen LogP contribution in [0.25, 0.3) is 0 Å². The lowest BCUT2D eigenvalue weighted by Gasteiger charge is -2.10. The molecule has 0 aliphatic heterocycles. The molecule has 1 aromatic carbocycles. The molecule has 20 heavy (non-hydrogen) atoms. The number of hydrazine groups is 1. The molecule has 0 saturated heterocycles. The van der Waals surface area contributed by atoms with Gasteiger partial charge in [0.2, 0.25) is 5.11 Å². The maximum atomic E-state index is 5.71. The van der Waals surface area contributed by atoms with E-state index in [1.165, 1.54) is 12.8 Å². The highest BCUT2D eigenvalue weighted by atomic mass is 32.1. The summed E-state index contributed by atoms with van der Waals surface area (Å²) < 4.78 is 11.0. The summed E-state index contributed by atoms with van der Waals surface area (Å²) in [7, 11) is 1.62. The second-order valence-corrected chi connectivity index (χ2v) is 4.68. The number of thiocarbonyl (C=S) groups is 1. The molecule has 0 fully saturated rings. The van der Waals surface area contributed by atoms with Crippen LogP contribution in [0.15, 0.2) is 18.2 Å². The molecule has 6 heteroatoms. The smallest absolute Gasteiger partial charge is 0.221 e. The minimum atomic E-state index is 0.184. The Labute approximate surface area is 125 Å². The third kappa shape index (κ3) is 5.88. The second-order valence-electron chi connectivity index (χ2n) is 4.24. The second kappa shape index (κ2) is 9.14. The summed E-state index contributed by atoms with van der Waals surface area (Å²) in [6, 6.07) is 5.69. The van der Waals surface area contributed by atoms with Crippen LogP contribution < -0.4 is 25.7 Å². The lowest BCUT2D eigenvalue weighted by atomic mass is 10.2. The molecule has 1 rings (SSSR count). The molecule has 0 heterocycles. The molecule has 0 aliphatic rings. The number of methoxy groups -OCH3 is 1. The number of ether oxygens (including phenoxy) is 2. The van der Waals surface area contributed by atoms with Crippen LogP contribution in [0.1, 0.15) is 31.7 Å². The minimum Gasteiger partial charge on any atom is -0.493 e. The highest BCUT2D eigenvalue weighted by Crippen LogP contribution is 2.27. The Balaban J connectivity index is 2.64. The van der Waals surface area contributed by atoms with E-state index >= 15 is 0 Å². The lowest BCUT2D eigenvalue weighted by molar-refractivity contribution is -0.499. The fourth-order valence-corrected chi connectivity index (χ4v) is 1.68. The van der Waals surface area contributed by atoms with Gasteiger partial charge in [0.15, 0.2) is 17.7 Å². The van der Waals surface area contributed by atoms with Gasteiger partial charge in [0.1, 0.15) is 0 Å². The van der Waals surface area contributed by atoms with Gasteiger partial charge in [0, 0.05) is 5.56 Å². The van der Waals surface area contributed by atoms with Crippen molar-refractivity contribution >= 4 is 23.5 Å². The van der Waals surface area contributed by atoms with Crippen molar-refractivity contribution in [3.8, 4) is 11.5 Å². The zero-order chi connectivity index (χ0) is 14.8. The van der Waals surface area contributed by atoms with E-state index in [2.05, 4.69) is 29.7 Å². The molecule has 0 aliphatic carbocycles. The molecule has 0 atom stereocenters. The van der Waals surface area contributed by atoms with Crippen LogP contribution in [0.5, 0.6) is 11.5 Å². The van der Waals surface area contributed by atoms with Gasteiger partial charge < -0.3 is 15.2 Å². The number of hydrogen-bond acceptors (Lipinski definition) is 3. The number of rotatable bonds is 8. The molecular formula is C14H22N3O2S+. The first-order valence-electron chi connectivity index (χ1n) is 6.62. The lowest BCUT2D eigenvalue weighted by Crippen LogP contribution is -2.82. The van der Waals surface area contributed by atoms with Crippen molar-refractivity contribution in [1.29, 1.82) is 0 Å². The standard InChI is InChI=1S/C14H21N3O2S/c1-3-4-5-8-19-12-7-6-11(9-13(12)18-2)10-16-17-14(15)20/h6-7,9-10H,3-5,8H2,1-2H3,(H3,15,17,20)/p+1. The summed E-state index contributed by atoms with van der Waals surface area (Å²) in [5.41, 5.74) is 8.86. The average Bonchev–Trinajstić information content (AvgIpc) is 2.44. The number of hydrazone groups is 1. The third-order valence-corrected chi connectivity index (χ3v) is 2.73. The Bertz CT molecular complexity index is 464. The monoisotopic (exact) mass is 296 g/mol. The molecule has 4 N–H and O–H groups in total. The topological polar surface area (TPSA) is 70.5 Å². The first kappa shape index (κ1) is 16.2. The van der Waals surface area contributed by atoms with Crippen LogP contribution in [-0.4, -0.2) is 25.0 Å². The van der Waals surface area contributed by atoms with E-state index < -0.39 is 0 Å². The summed E-state index contributed by atoms with van der Waals surface area (Å²) >= 11 is 4.69. The predicted molar refractivity (Wildman–Crippen MR) is 84.1 cm³/mol. The van der Waals surface area contributed by atoms with Gasteiger partial charge in [0.25, 0.3) is 0 Å². The zero-order valence-electron chi connectivity index (χ0n) is 11.9. The van der Waals surface area contributed by atoms with Crippen molar-refractivity contribution in [3.05, 3.63) is 23.8 Å². The van der Waals surface area contributed by atoms with Crippen LogP contribution in [0.2, 0.25) is 0 Å². The fraction of sp³-hybridized carbons (Fsp3) is 0.429. The normalized spacial score (nSPS) is 10.5. The average molecular weight is 296 g/mol. The Hall–Kier alpha value is -1.82. The molecule has 0 unspecified atom stereocenters. The Kier molecular flexibility index (Phi) is 7.42. The van der Waals surface area contributed by atoms with E-state index in [-0.39, 0.29) is 5.11 Å². The maximum absolute atomic E-state index is 5.71. The van der Waals surface area contributed by atoms with Gasteiger partial charge in [-0.15, -0.1) is 10.5 Å². The highest BCUT2D eigenvalue weighted by Gasteiger charge is 2.06. The number of hydrogen-bond donors (Lipinski definition) is 3. The summed E-state index contributed by atoms with van der Waals surface area (Å²) in [4.78, 5) is 0. The Morgan fingerprint density at radius 2 is 2.20 bits per heavy atom. The maximum Gasteiger partial charge on any atom is 0.221 e. The van der Waals surface area contributed by atoms with Gasteiger partial charge in [-0.1, -0.05) is 19.8 Å². The van der Waals surface area contributed by atoms with Crippen LogP contribution >= 0.6 is 12.2 Å². The number of nitrogens with two attached hydrogens (primary N) is 1. The minimum absolute atomic E-state index is 0.184. The van der Waals surface area contributed by atoms with E-state index in [1.54, 1.807) is 13.3 Å². The quantitative estimate of drug-likeness (QED) is 0.282. The van der Waals surface area contributed by atoms with Crippen molar-refractivity contribution in [2.75, 3.05) is 13.7 Å². The number of unbranched alkanes of at least 4 members (excludes halogenated alkanes) is 2. The Morgan fingerprint density at radius 1 is 1.40 bits per heavy atom. The molecule has 5 nitrogen and oxygen atoms in total. The highest BCUT2D eigenvalue weighted by molar-refractivity contribution is 7.80. The van der Waals surface area contributed by atoms with E-state index in [1.807, 2.05) is 18.2 Å². The van der Waals surface area contributed by atoms with E-state index in [4.69, 9.17) is 15.2 Å². The fourth-order valence-electron chi connectivity index (χ4n) is 1.62. The summed E-state index contributed by atoms with van der Waals surface area (Å²) in [5.74, 6) is 1.45. The zero-order valence-corrected chi connectivity index (χ0v) is 12.8. The third-order valence-electron chi connectivity index (χ3n) is 2.63. The molecule has 0 bridgehead atoms. The molecule has 110 valence electrons. The van der Waals surface area contributed by atoms with Crippen molar-refractivity contribution in [2.45, 2.75) is 26.2 Å². The van der Waals surface area contributed by atoms with Gasteiger partial charge in [0.05, 0.1) is 13.7 Å². The van der Waals surface area contributed by atoms with E-state index in [0.717, 1.165) is 17.7 Å². The number of nitrogens with one attached hydrogen (secondary N) is 2. The van der Waals surface area contributed by atoms with Crippen LogP contribution in [0.3, 0.4) is 0 Å². The van der Waals surface area contributed by atoms with E-state index in [0.29, 0.717) is 12.4 Å². The molecule has 0 radical (unpaired) electrons. The molecule has 0 spiro atoms. The molecular weight excluding hydrogens is 274 g/mol. The summed E-state index contributed by atoms with van der Waals surface area (Å²) in [6.07, 6.45) is 5.13. The van der Waals surface area contributed by atoms with Gasteiger partial charge in [-0.05, 0) is 36.8 Å². The van der Waals surface area contributed by atoms with Crippen molar-refractivity contribution in [3.63, 3.8) is 0 Å². The van der Waals surface area contributed by atoms with E-state index in [9.17, 15) is 0 Å². The largest absolute Gasteiger partial charge is 0.493 e. The first-order valence-corrected chi connectivity index (χ1v) is 7.03. The van der Waals surface area contributed by atoms with Gasteiger partial charge >= 0.3 is 0 Å². The van der Waals surface area contributed by atoms with Crippen molar-refractivity contribution < 1.29 is 14.6 Å². The van der Waals surface area contributed by atoms with Crippen molar-refractivity contribution in [1.82, 2.24) is 5.43 Å². The van der Waals surface area contributed by atoms with Crippen LogP contribution in [-0.2, 0) is 0 Å². The van der Waals surface area contributed by atoms with Gasteiger partial charge in [-0.3, -0.25) is 0 Å². The van der Waals surface area contributed by atoms with Crippen LogP contribution in [0.4, 0.5) is 0 Å². The predicted octanol–water partition coefficient (Wildman–Crippen LogP) is 0.512. The molecule has 1 aromatic rings. The van der Waals surface area contributed by atoms with Crippen molar-refractivity contribution in [2.24, 2.45) is 5.73 Å². The molecule has 0 saturated carbocycles. The van der Waals surface area contributed by atoms with Crippen LogP contribution in [0, 0.1) is 0 Å².